The minimum Gasteiger partial charge on any atom is -0.494 e. The van der Waals surface area contributed by atoms with Gasteiger partial charge in [-0.25, -0.2) is 0 Å². The Balaban J connectivity index is 1.99. The zero-order chi connectivity index (χ0) is 21.1. The maximum Gasteiger partial charge on any atom is 0.134 e. The number of hydrogen-bond donors (Lipinski definition) is 2. The van der Waals surface area contributed by atoms with Gasteiger partial charge in [-0.3, -0.25) is 4.99 Å². The van der Waals surface area contributed by atoms with Crippen LogP contribution >= 0.6 is 0 Å². The van der Waals surface area contributed by atoms with Gasteiger partial charge in [0.2, 0.25) is 0 Å². The van der Waals surface area contributed by atoms with Crippen LogP contribution < -0.4 is 10.6 Å². The number of nitrogens with zero attached hydrogens (tertiary/aromatic N) is 1. The second-order valence-corrected chi connectivity index (χ2v) is 6.82. The number of nitrogens with one attached hydrogen (secondary N) is 2. The van der Waals surface area contributed by atoms with Gasteiger partial charge in [0.25, 0.3) is 0 Å². The second-order valence-electron chi connectivity index (χ2n) is 6.82. The third-order valence-electron chi connectivity index (χ3n) is 4.26. The predicted octanol–water partition coefficient (Wildman–Crippen LogP) is 5.48. The molecule has 0 saturated heterocycles. The maximum atomic E-state index is 5.76. The molecule has 0 radical (unpaired) electrons. The molecule has 0 aliphatic carbocycles. The van der Waals surface area contributed by atoms with Crippen molar-refractivity contribution in [1.29, 1.82) is 0 Å². The Morgan fingerprint density at radius 1 is 1.10 bits per heavy atom. The first-order valence-corrected chi connectivity index (χ1v) is 9.78. The van der Waals surface area contributed by atoms with Crippen molar-refractivity contribution in [2.24, 2.45) is 4.99 Å². The molecule has 0 aromatic heterocycles. The maximum absolute atomic E-state index is 5.76. The molecule has 0 unspecified atom stereocenters. The normalized spacial score (nSPS) is 18.4. The summed E-state index contributed by atoms with van der Waals surface area (Å²) in [5, 5.41) is 6.69. The topological polar surface area (TPSA) is 45.6 Å². The Kier molecular flexibility index (Phi) is 8.77. The average molecular weight is 390 g/mol. The van der Waals surface area contributed by atoms with E-state index in [2.05, 4.69) is 46.8 Å². The van der Waals surface area contributed by atoms with E-state index in [0.29, 0.717) is 6.61 Å². The van der Waals surface area contributed by atoms with Crippen LogP contribution in [0, 0.1) is 0 Å². The van der Waals surface area contributed by atoms with E-state index in [4.69, 9.17) is 4.74 Å². The third-order valence-corrected chi connectivity index (χ3v) is 4.26. The first-order valence-electron chi connectivity index (χ1n) is 9.78. The summed E-state index contributed by atoms with van der Waals surface area (Å²) in [7, 11) is 1.79. The van der Waals surface area contributed by atoms with Gasteiger partial charge in [0.1, 0.15) is 12.4 Å². The molecule has 4 nitrogen and oxygen atoms in total. The number of allylic oxidation sites excluding steroid dienone is 7. The zero-order valence-electron chi connectivity index (χ0n) is 18.0. The lowest BCUT2D eigenvalue weighted by Crippen LogP contribution is -2.17. The zero-order valence-corrected chi connectivity index (χ0v) is 18.0. The Bertz CT molecular complexity index is 897. The average Bonchev–Trinajstić information content (AvgIpc) is 3.17. The van der Waals surface area contributed by atoms with Crippen molar-refractivity contribution < 1.29 is 4.74 Å². The number of benzene rings is 1. The highest BCUT2D eigenvalue weighted by Crippen LogP contribution is 2.20. The Labute approximate surface area is 174 Å². The van der Waals surface area contributed by atoms with Crippen molar-refractivity contribution >= 4 is 11.5 Å². The minimum absolute atomic E-state index is 0.589. The van der Waals surface area contributed by atoms with Crippen LogP contribution in [0.15, 0.2) is 101 Å². The van der Waals surface area contributed by atoms with Gasteiger partial charge < -0.3 is 15.4 Å². The molecular formula is C25H31N3O. The van der Waals surface area contributed by atoms with Gasteiger partial charge in [-0.05, 0) is 57.1 Å². The molecule has 1 heterocycles. The molecule has 0 spiro atoms. The molecule has 1 aromatic carbocycles. The lowest BCUT2D eigenvalue weighted by atomic mass is 10.1. The molecule has 2 rings (SSSR count). The summed E-state index contributed by atoms with van der Waals surface area (Å²) in [6.45, 7) is 8.63. The van der Waals surface area contributed by atoms with E-state index in [9.17, 15) is 0 Å². The van der Waals surface area contributed by atoms with Crippen LogP contribution in [0.3, 0.4) is 0 Å². The molecule has 0 fully saturated rings. The van der Waals surface area contributed by atoms with E-state index in [-0.39, 0.29) is 0 Å². The fourth-order valence-corrected chi connectivity index (χ4v) is 2.59. The van der Waals surface area contributed by atoms with Crippen LogP contribution in [-0.2, 0) is 4.74 Å². The van der Waals surface area contributed by atoms with Crippen molar-refractivity contribution in [2.45, 2.75) is 27.7 Å². The second kappa shape index (κ2) is 11.5. The highest BCUT2D eigenvalue weighted by molar-refractivity contribution is 6.11. The largest absolute Gasteiger partial charge is 0.494 e. The van der Waals surface area contributed by atoms with Gasteiger partial charge >= 0.3 is 0 Å². The van der Waals surface area contributed by atoms with Crippen LogP contribution in [0.2, 0.25) is 0 Å². The van der Waals surface area contributed by atoms with Gasteiger partial charge in [-0.1, -0.05) is 48.6 Å². The van der Waals surface area contributed by atoms with E-state index in [1.54, 1.807) is 7.05 Å². The number of rotatable bonds is 8. The molecule has 1 aliphatic heterocycles. The van der Waals surface area contributed by atoms with Crippen molar-refractivity contribution in [3.63, 3.8) is 0 Å². The van der Waals surface area contributed by atoms with Crippen LogP contribution in [0.1, 0.15) is 33.3 Å². The molecule has 2 N–H and O–H groups in total. The van der Waals surface area contributed by atoms with Crippen LogP contribution in [0.5, 0.6) is 0 Å². The summed E-state index contributed by atoms with van der Waals surface area (Å²) in [4.78, 5) is 4.34. The number of amidine groups is 1. The van der Waals surface area contributed by atoms with Crippen LogP contribution in [0.25, 0.3) is 5.70 Å². The summed E-state index contributed by atoms with van der Waals surface area (Å²) < 4.78 is 5.76. The van der Waals surface area contributed by atoms with Crippen LogP contribution in [-0.4, -0.2) is 19.5 Å². The first kappa shape index (κ1) is 22.0. The lowest BCUT2D eigenvalue weighted by Gasteiger charge is -2.06. The summed E-state index contributed by atoms with van der Waals surface area (Å²) in [6.07, 6.45) is 14.1. The molecule has 1 aromatic rings. The van der Waals surface area contributed by atoms with E-state index in [1.807, 2.05) is 69.5 Å². The summed E-state index contributed by atoms with van der Waals surface area (Å²) in [5.74, 6) is 1.72. The highest BCUT2D eigenvalue weighted by atomic mass is 16.5. The fraction of sp³-hybridized carbons (Fsp3) is 0.240. The number of aliphatic imine (C=N–C) groups is 1. The van der Waals surface area contributed by atoms with Gasteiger partial charge in [0.05, 0.1) is 5.76 Å². The van der Waals surface area contributed by atoms with Crippen molar-refractivity contribution in [1.82, 2.24) is 10.6 Å². The molecule has 29 heavy (non-hydrogen) atoms. The predicted molar refractivity (Wildman–Crippen MR) is 124 cm³/mol. The lowest BCUT2D eigenvalue weighted by molar-refractivity contribution is 0.242. The monoisotopic (exact) mass is 389 g/mol. The Morgan fingerprint density at radius 2 is 1.86 bits per heavy atom. The standard InChI is InChI=1S/C25H31N3O/c1-6-7-11-19(2)18-29-21(4)15-14-20(3)27-17-23-16-24(28-25(23)26-5)22-12-9-8-10-13-22/h6-17,27H,18H2,1-5H3,(H,26,28)/b7-6-,19-11+,20-14+,21-15+,23-17+. The van der Waals surface area contributed by atoms with Crippen molar-refractivity contribution in [3.8, 4) is 0 Å². The molecule has 4 heteroatoms. The molecule has 0 amide bonds. The smallest absolute Gasteiger partial charge is 0.134 e. The summed E-state index contributed by atoms with van der Waals surface area (Å²) in [5.41, 5.74) is 5.39. The van der Waals surface area contributed by atoms with Gasteiger partial charge in [0, 0.05) is 30.2 Å². The third kappa shape index (κ3) is 7.34. The van der Waals surface area contributed by atoms with E-state index in [1.165, 1.54) is 5.57 Å². The van der Waals surface area contributed by atoms with Crippen molar-refractivity contribution in [2.75, 3.05) is 13.7 Å². The molecule has 152 valence electrons. The number of ether oxygens (including phenoxy) is 1. The molecule has 0 saturated carbocycles. The Morgan fingerprint density at radius 3 is 2.55 bits per heavy atom. The van der Waals surface area contributed by atoms with Crippen molar-refractivity contribution in [3.05, 3.63) is 101 Å². The number of hydrogen-bond acceptors (Lipinski definition) is 3. The highest BCUT2D eigenvalue weighted by Gasteiger charge is 2.16. The SMILES string of the molecule is C/C=C\C=C(/C)CO/C(C)=C/C=C(\C)N/C=C1\C=C(c2ccccc2)N\C1=N\C. The van der Waals surface area contributed by atoms with E-state index < -0.39 is 0 Å². The first-order chi connectivity index (χ1) is 14.0. The van der Waals surface area contributed by atoms with Crippen LogP contribution in [0.4, 0.5) is 0 Å². The molecule has 0 atom stereocenters. The summed E-state index contributed by atoms with van der Waals surface area (Å²) in [6, 6.07) is 10.2. The molecular weight excluding hydrogens is 358 g/mol. The Hall–Kier alpha value is -3.27. The fourth-order valence-electron chi connectivity index (χ4n) is 2.59. The molecule has 1 aliphatic rings. The van der Waals surface area contributed by atoms with E-state index in [0.717, 1.165) is 34.1 Å². The van der Waals surface area contributed by atoms with Gasteiger partial charge in [0.15, 0.2) is 0 Å². The van der Waals surface area contributed by atoms with Gasteiger partial charge in [-0.2, -0.15) is 0 Å². The molecule has 0 bridgehead atoms. The quantitative estimate of drug-likeness (QED) is 0.457. The van der Waals surface area contributed by atoms with E-state index >= 15 is 0 Å². The minimum atomic E-state index is 0.589. The summed E-state index contributed by atoms with van der Waals surface area (Å²) >= 11 is 0. The van der Waals surface area contributed by atoms with Gasteiger partial charge in [-0.15, -0.1) is 0 Å².